The maximum absolute atomic E-state index is 13.0. The van der Waals surface area contributed by atoms with Crippen molar-refractivity contribution in [3.05, 3.63) is 90.5 Å². The summed E-state index contributed by atoms with van der Waals surface area (Å²) in [5.74, 6) is 1.15. The topological polar surface area (TPSA) is 47.6 Å². The summed E-state index contributed by atoms with van der Waals surface area (Å²) in [6.45, 7) is 0. The average molecular weight is 383 g/mol. The van der Waals surface area contributed by atoms with Crippen molar-refractivity contribution in [1.82, 2.24) is 0 Å². The number of hydrogen-bond acceptors (Lipinski definition) is 3. The monoisotopic (exact) mass is 383 g/mol. The van der Waals surface area contributed by atoms with Crippen molar-refractivity contribution in [1.29, 1.82) is 0 Å². The predicted octanol–water partition coefficient (Wildman–Crippen LogP) is 5.78. The second-order valence-electron chi connectivity index (χ2n) is 6.63. The molecule has 0 aliphatic rings. The van der Waals surface area contributed by atoms with E-state index >= 15 is 0 Å². The molecule has 0 heterocycles. The molecule has 144 valence electrons. The van der Waals surface area contributed by atoms with Crippen LogP contribution in [0.3, 0.4) is 0 Å². The summed E-state index contributed by atoms with van der Waals surface area (Å²) in [6, 6.07) is 27.2. The first-order chi connectivity index (χ1) is 14.2. The molecule has 0 aliphatic heterocycles. The summed E-state index contributed by atoms with van der Waals surface area (Å²) in [6.07, 6.45) is 0. The van der Waals surface area contributed by atoms with Gasteiger partial charge in [-0.1, -0.05) is 48.5 Å². The lowest BCUT2D eigenvalue weighted by atomic mass is 9.97. The van der Waals surface area contributed by atoms with E-state index in [4.69, 9.17) is 9.47 Å². The summed E-state index contributed by atoms with van der Waals surface area (Å²) < 4.78 is 10.8. The van der Waals surface area contributed by atoms with E-state index in [1.54, 1.807) is 14.2 Å². The lowest BCUT2D eigenvalue weighted by Gasteiger charge is -2.14. The third-order valence-corrected chi connectivity index (χ3v) is 4.86. The highest BCUT2D eigenvalue weighted by Gasteiger charge is 2.17. The van der Waals surface area contributed by atoms with Gasteiger partial charge in [-0.3, -0.25) is 4.79 Å². The molecule has 1 N–H and O–H groups in total. The second kappa shape index (κ2) is 8.07. The number of rotatable bonds is 5. The Morgan fingerprint density at radius 1 is 0.759 bits per heavy atom. The molecule has 0 radical (unpaired) electrons. The van der Waals surface area contributed by atoms with Crippen LogP contribution in [0, 0.1) is 0 Å². The smallest absolute Gasteiger partial charge is 0.260 e. The van der Waals surface area contributed by atoms with E-state index in [0.29, 0.717) is 11.3 Å². The Bertz CT molecular complexity index is 1170. The van der Waals surface area contributed by atoms with Crippen molar-refractivity contribution >= 4 is 22.4 Å². The Morgan fingerprint density at radius 3 is 2.31 bits per heavy atom. The number of fused-ring (bicyclic) bond motifs is 1. The number of nitrogens with one attached hydrogen (secondary N) is 1. The molecule has 0 bridgehead atoms. The van der Waals surface area contributed by atoms with E-state index in [9.17, 15) is 4.79 Å². The number of methoxy groups -OCH3 is 2. The van der Waals surface area contributed by atoms with Crippen molar-refractivity contribution in [2.75, 3.05) is 19.5 Å². The molecule has 4 rings (SSSR count). The Morgan fingerprint density at radius 2 is 1.55 bits per heavy atom. The van der Waals surface area contributed by atoms with Gasteiger partial charge in [0.2, 0.25) is 0 Å². The van der Waals surface area contributed by atoms with Gasteiger partial charge in [-0.2, -0.15) is 0 Å². The van der Waals surface area contributed by atoms with Crippen LogP contribution in [-0.2, 0) is 0 Å². The largest absolute Gasteiger partial charge is 0.497 e. The quantitative estimate of drug-likeness (QED) is 0.475. The van der Waals surface area contributed by atoms with Crippen LogP contribution in [0.1, 0.15) is 10.4 Å². The van der Waals surface area contributed by atoms with Crippen molar-refractivity contribution in [2.45, 2.75) is 0 Å². The highest BCUT2D eigenvalue weighted by atomic mass is 16.5. The van der Waals surface area contributed by atoms with Crippen LogP contribution < -0.4 is 14.8 Å². The maximum Gasteiger partial charge on any atom is 0.260 e. The second-order valence-corrected chi connectivity index (χ2v) is 6.63. The Labute approximate surface area is 169 Å². The summed E-state index contributed by atoms with van der Waals surface area (Å²) in [7, 11) is 3.23. The Kier molecular flexibility index (Phi) is 5.16. The van der Waals surface area contributed by atoms with Gasteiger partial charge in [0.15, 0.2) is 0 Å². The molecule has 4 nitrogen and oxygen atoms in total. The zero-order chi connectivity index (χ0) is 20.2. The zero-order valence-electron chi connectivity index (χ0n) is 16.3. The third kappa shape index (κ3) is 3.78. The highest BCUT2D eigenvalue weighted by Crippen LogP contribution is 2.33. The molecule has 0 saturated heterocycles. The molecule has 0 fully saturated rings. The maximum atomic E-state index is 13.0. The van der Waals surface area contributed by atoms with Gasteiger partial charge >= 0.3 is 0 Å². The Hall–Kier alpha value is -3.79. The van der Waals surface area contributed by atoms with E-state index in [2.05, 4.69) is 11.4 Å². The minimum absolute atomic E-state index is 0.201. The Balaban J connectivity index is 1.78. The number of hydrogen-bond donors (Lipinski definition) is 1. The van der Waals surface area contributed by atoms with E-state index < -0.39 is 0 Å². The SMILES string of the molecule is COc1cccc(-c2ccc3c(C(=O)Nc4ccccc4)c(OC)ccc3c2)c1. The molecule has 0 aromatic heterocycles. The van der Waals surface area contributed by atoms with Gasteiger partial charge < -0.3 is 14.8 Å². The van der Waals surface area contributed by atoms with E-state index in [1.807, 2.05) is 78.9 Å². The molecule has 1 amide bonds. The number of amides is 1. The summed E-state index contributed by atoms with van der Waals surface area (Å²) in [4.78, 5) is 13.0. The van der Waals surface area contributed by atoms with Gasteiger partial charge in [0.25, 0.3) is 5.91 Å². The van der Waals surface area contributed by atoms with Crippen LogP contribution in [0.4, 0.5) is 5.69 Å². The van der Waals surface area contributed by atoms with Gasteiger partial charge in [0.1, 0.15) is 11.5 Å². The molecule has 4 aromatic carbocycles. The summed E-state index contributed by atoms with van der Waals surface area (Å²) in [5, 5.41) is 4.75. The highest BCUT2D eigenvalue weighted by molar-refractivity contribution is 6.15. The number of carbonyl (C=O) groups is 1. The molecule has 4 heteroatoms. The van der Waals surface area contributed by atoms with Crippen LogP contribution in [0.25, 0.3) is 21.9 Å². The van der Waals surface area contributed by atoms with E-state index in [1.165, 1.54) is 0 Å². The zero-order valence-corrected chi connectivity index (χ0v) is 16.3. The van der Waals surface area contributed by atoms with Crippen LogP contribution in [0.15, 0.2) is 84.9 Å². The molecule has 0 saturated carbocycles. The van der Waals surface area contributed by atoms with Gasteiger partial charge in [-0.15, -0.1) is 0 Å². The van der Waals surface area contributed by atoms with Crippen LogP contribution in [0.5, 0.6) is 11.5 Å². The fraction of sp³-hybridized carbons (Fsp3) is 0.0800. The first-order valence-corrected chi connectivity index (χ1v) is 9.31. The van der Waals surface area contributed by atoms with Gasteiger partial charge in [-0.05, 0) is 58.3 Å². The average Bonchev–Trinajstić information content (AvgIpc) is 2.78. The van der Waals surface area contributed by atoms with E-state index in [0.717, 1.165) is 33.3 Å². The molecule has 0 aliphatic carbocycles. The number of carbonyl (C=O) groups excluding carboxylic acids is 1. The molecular weight excluding hydrogens is 362 g/mol. The fourth-order valence-electron chi connectivity index (χ4n) is 3.41. The molecule has 29 heavy (non-hydrogen) atoms. The molecule has 0 spiro atoms. The van der Waals surface area contributed by atoms with E-state index in [-0.39, 0.29) is 5.91 Å². The number of benzene rings is 4. The van der Waals surface area contributed by atoms with Crippen LogP contribution >= 0.6 is 0 Å². The lowest BCUT2D eigenvalue weighted by Crippen LogP contribution is -2.13. The lowest BCUT2D eigenvalue weighted by molar-refractivity contribution is 0.102. The minimum atomic E-state index is -0.201. The fourth-order valence-corrected chi connectivity index (χ4v) is 3.41. The van der Waals surface area contributed by atoms with Crippen LogP contribution in [0.2, 0.25) is 0 Å². The van der Waals surface area contributed by atoms with Crippen molar-refractivity contribution < 1.29 is 14.3 Å². The first-order valence-electron chi connectivity index (χ1n) is 9.31. The first kappa shape index (κ1) is 18.6. The van der Waals surface area contributed by atoms with Crippen molar-refractivity contribution in [3.63, 3.8) is 0 Å². The van der Waals surface area contributed by atoms with Crippen molar-refractivity contribution in [2.24, 2.45) is 0 Å². The summed E-state index contributed by atoms with van der Waals surface area (Å²) in [5.41, 5.74) is 3.36. The molecule has 4 aromatic rings. The molecular formula is C25H21NO3. The molecule has 0 unspecified atom stereocenters. The minimum Gasteiger partial charge on any atom is -0.497 e. The van der Waals surface area contributed by atoms with Gasteiger partial charge in [0, 0.05) is 5.69 Å². The molecule has 0 atom stereocenters. The third-order valence-electron chi connectivity index (χ3n) is 4.86. The van der Waals surface area contributed by atoms with Gasteiger partial charge in [0.05, 0.1) is 19.8 Å². The predicted molar refractivity (Wildman–Crippen MR) is 117 cm³/mol. The van der Waals surface area contributed by atoms with Gasteiger partial charge in [-0.25, -0.2) is 0 Å². The number of ether oxygens (including phenoxy) is 2. The summed E-state index contributed by atoms with van der Waals surface area (Å²) >= 11 is 0. The van der Waals surface area contributed by atoms with Crippen molar-refractivity contribution in [3.8, 4) is 22.6 Å². The normalized spacial score (nSPS) is 10.6. The number of anilines is 1. The van der Waals surface area contributed by atoms with Crippen LogP contribution in [-0.4, -0.2) is 20.1 Å². The number of para-hydroxylation sites is 1. The standard InChI is InChI=1S/C25H21NO3/c1-28-21-10-6-7-17(16-21)18-11-13-22-19(15-18)12-14-23(29-2)24(22)25(27)26-20-8-4-3-5-9-20/h3-16H,1-2H3,(H,26,27).